The van der Waals surface area contributed by atoms with Gasteiger partial charge in [-0.05, 0) is 37.7 Å². The fraction of sp³-hybridized carbons (Fsp3) is 0.429. The number of hydrazone groups is 1. The summed E-state index contributed by atoms with van der Waals surface area (Å²) in [4.78, 5) is 22.0. The highest BCUT2D eigenvalue weighted by Crippen LogP contribution is 2.21. The number of carbonyl (C=O) groups is 1. The van der Waals surface area contributed by atoms with Gasteiger partial charge in [-0.1, -0.05) is 13.0 Å². The number of non-ortho nitro benzene ring substituents is 1. The molecule has 6 nitrogen and oxygen atoms in total. The number of nitro benzene ring substituents is 1. The van der Waals surface area contributed by atoms with Gasteiger partial charge in [0, 0.05) is 23.4 Å². The van der Waals surface area contributed by atoms with Crippen LogP contribution >= 0.6 is 0 Å². The summed E-state index contributed by atoms with van der Waals surface area (Å²) in [5.74, 6) is 0.177. The number of rotatable bonds is 3. The summed E-state index contributed by atoms with van der Waals surface area (Å²) in [6, 6.07) is 5.62. The molecule has 1 atom stereocenters. The summed E-state index contributed by atoms with van der Waals surface area (Å²) in [5, 5.41) is 14.8. The third kappa shape index (κ3) is 3.63. The molecule has 6 heteroatoms. The Morgan fingerprint density at radius 3 is 3.00 bits per heavy atom. The zero-order chi connectivity index (χ0) is 14.5. The van der Waals surface area contributed by atoms with Crippen molar-refractivity contribution in [2.75, 3.05) is 0 Å². The number of nitro groups is 1. The Kier molecular flexibility index (Phi) is 4.45. The molecule has 1 N–H and O–H groups in total. The zero-order valence-corrected chi connectivity index (χ0v) is 11.3. The normalized spacial score (nSPS) is 20.6. The van der Waals surface area contributed by atoms with Gasteiger partial charge in [-0.15, -0.1) is 0 Å². The molecular formula is C14H17N3O3. The van der Waals surface area contributed by atoms with Gasteiger partial charge >= 0.3 is 0 Å². The predicted molar refractivity (Wildman–Crippen MR) is 75.6 cm³/mol. The second-order valence-corrected chi connectivity index (χ2v) is 5.13. The van der Waals surface area contributed by atoms with E-state index in [1.807, 2.05) is 0 Å². The molecule has 2 rings (SSSR count). The summed E-state index contributed by atoms with van der Waals surface area (Å²) >= 11 is 0. The van der Waals surface area contributed by atoms with Crippen molar-refractivity contribution in [3.8, 4) is 0 Å². The number of hydrogen-bond acceptors (Lipinski definition) is 4. The molecular weight excluding hydrogens is 258 g/mol. The lowest BCUT2D eigenvalue weighted by Gasteiger charge is -2.18. The fourth-order valence-electron chi connectivity index (χ4n) is 2.32. The molecule has 1 unspecified atom stereocenters. The van der Waals surface area contributed by atoms with Crippen LogP contribution in [0.3, 0.4) is 0 Å². The predicted octanol–water partition coefficient (Wildman–Crippen LogP) is 2.89. The van der Waals surface area contributed by atoms with Crippen LogP contribution in [0.15, 0.2) is 29.4 Å². The number of benzene rings is 1. The van der Waals surface area contributed by atoms with Crippen LogP contribution < -0.4 is 5.43 Å². The van der Waals surface area contributed by atoms with Gasteiger partial charge < -0.3 is 0 Å². The summed E-state index contributed by atoms with van der Waals surface area (Å²) < 4.78 is 0. The lowest BCUT2D eigenvalue weighted by molar-refractivity contribution is -0.384. The molecule has 1 aromatic rings. The van der Waals surface area contributed by atoms with Gasteiger partial charge in [0.15, 0.2) is 0 Å². The van der Waals surface area contributed by atoms with Crippen molar-refractivity contribution in [3.63, 3.8) is 0 Å². The number of nitrogens with zero attached hydrogens (tertiary/aromatic N) is 2. The average molecular weight is 275 g/mol. The molecule has 0 saturated heterocycles. The SMILES string of the molecule is CC1CCC/C(=N/NC(=O)c2cccc([N+](=O)[O-])c2)C1. The van der Waals surface area contributed by atoms with E-state index in [9.17, 15) is 14.9 Å². The molecule has 0 spiro atoms. The van der Waals surface area contributed by atoms with Crippen molar-refractivity contribution < 1.29 is 9.72 Å². The van der Waals surface area contributed by atoms with E-state index in [2.05, 4.69) is 17.5 Å². The van der Waals surface area contributed by atoms with Crippen LogP contribution in [-0.2, 0) is 0 Å². The van der Waals surface area contributed by atoms with Crippen molar-refractivity contribution >= 4 is 17.3 Å². The van der Waals surface area contributed by atoms with Gasteiger partial charge in [-0.25, -0.2) is 5.43 Å². The highest BCUT2D eigenvalue weighted by Gasteiger charge is 2.15. The molecule has 106 valence electrons. The van der Waals surface area contributed by atoms with E-state index < -0.39 is 10.8 Å². The van der Waals surface area contributed by atoms with Gasteiger partial charge in [0.2, 0.25) is 0 Å². The molecule has 0 bridgehead atoms. The van der Waals surface area contributed by atoms with Crippen LogP contribution in [0.1, 0.15) is 43.0 Å². The van der Waals surface area contributed by atoms with Gasteiger partial charge in [-0.2, -0.15) is 5.10 Å². The Bertz CT molecular complexity index is 554. The van der Waals surface area contributed by atoms with E-state index >= 15 is 0 Å². The topological polar surface area (TPSA) is 84.6 Å². The van der Waals surface area contributed by atoms with Crippen molar-refractivity contribution in [2.45, 2.75) is 32.6 Å². The number of amides is 1. The third-order valence-electron chi connectivity index (χ3n) is 3.38. The maximum absolute atomic E-state index is 11.9. The molecule has 0 aliphatic heterocycles. The first kappa shape index (κ1) is 14.2. The quantitative estimate of drug-likeness (QED) is 0.680. The maximum atomic E-state index is 11.9. The fourth-order valence-corrected chi connectivity index (χ4v) is 2.32. The molecule has 20 heavy (non-hydrogen) atoms. The van der Waals surface area contributed by atoms with Gasteiger partial charge in [0.25, 0.3) is 11.6 Å². The molecule has 0 radical (unpaired) electrons. The number of hydrogen-bond donors (Lipinski definition) is 1. The second kappa shape index (κ2) is 6.27. The van der Waals surface area contributed by atoms with E-state index in [0.717, 1.165) is 25.0 Å². The Labute approximate surface area is 117 Å². The van der Waals surface area contributed by atoms with Crippen molar-refractivity contribution in [1.29, 1.82) is 0 Å². The maximum Gasteiger partial charge on any atom is 0.271 e. The van der Waals surface area contributed by atoms with E-state index in [4.69, 9.17) is 0 Å². The van der Waals surface area contributed by atoms with Crippen LogP contribution in [-0.4, -0.2) is 16.5 Å². The molecule has 0 heterocycles. The van der Waals surface area contributed by atoms with Crippen LogP contribution in [0.25, 0.3) is 0 Å². The van der Waals surface area contributed by atoms with Crippen molar-refractivity contribution in [3.05, 3.63) is 39.9 Å². The molecule has 1 amide bonds. The number of carbonyl (C=O) groups excluding carboxylic acids is 1. The van der Waals surface area contributed by atoms with Crippen LogP contribution in [0, 0.1) is 16.0 Å². The van der Waals surface area contributed by atoms with Crippen LogP contribution in [0.2, 0.25) is 0 Å². The Balaban J connectivity index is 2.03. The smallest absolute Gasteiger partial charge is 0.267 e. The average Bonchev–Trinajstić information content (AvgIpc) is 2.45. The second-order valence-electron chi connectivity index (χ2n) is 5.13. The highest BCUT2D eigenvalue weighted by atomic mass is 16.6. The van der Waals surface area contributed by atoms with Gasteiger partial charge in [0.1, 0.15) is 0 Å². The van der Waals surface area contributed by atoms with Crippen LogP contribution in [0.5, 0.6) is 0 Å². The summed E-state index contributed by atoms with van der Waals surface area (Å²) in [7, 11) is 0. The minimum atomic E-state index is -0.522. The largest absolute Gasteiger partial charge is 0.271 e. The molecule has 1 aromatic carbocycles. The molecule has 1 fully saturated rings. The Morgan fingerprint density at radius 2 is 2.30 bits per heavy atom. The van der Waals surface area contributed by atoms with E-state index in [1.54, 1.807) is 0 Å². The first-order valence-electron chi connectivity index (χ1n) is 6.66. The number of nitrogens with one attached hydrogen (secondary N) is 1. The standard InChI is InChI=1S/C14H17N3O3/c1-10-4-2-6-12(8-10)15-16-14(18)11-5-3-7-13(9-11)17(19)20/h3,5,7,9-10H,2,4,6,8H2,1H3,(H,16,18)/b15-12-. The lowest BCUT2D eigenvalue weighted by Crippen LogP contribution is -2.22. The first-order chi connectivity index (χ1) is 9.56. The van der Waals surface area contributed by atoms with Crippen LogP contribution in [0.4, 0.5) is 5.69 Å². The third-order valence-corrected chi connectivity index (χ3v) is 3.38. The highest BCUT2D eigenvalue weighted by molar-refractivity contribution is 5.96. The zero-order valence-electron chi connectivity index (χ0n) is 11.3. The molecule has 1 saturated carbocycles. The monoisotopic (exact) mass is 275 g/mol. The summed E-state index contributed by atoms with van der Waals surface area (Å²) in [6.45, 7) is 2.16. The first-order valence-corrected chi connectivity index (χ1v) is 6.66. The lowest BCUT2D eigenvalue weighted by atomic mass is 9.89. The van der Waals surface area contributed by atoms with E-state index in [-0.39, 0.29) is 11.3 Å². The molecule has 1 aliphatic carbocycles. The van der Waals surface area contributed by atoms with E-state index in [0.29, 0.717) is 5.92 Å². The van der Waals surface area contributed by atoms with Crippen molar-refractivity contribution in [2.24, 2.45) is 11.0 Å². The van der Waals surface area contributed by atoms with Gasteiger partial charge in [-0.3, -0.25) is 14.9 Å². The Hall–Kier alpha value is -2.24. The molecule has 1 aliphatic rings. The Morgan fingerprint density at radius 1 is 1.50 bits per heavy atom. The van der Waals surface area contributed by atoms with Gasteiger partial charge in [0.05, 0.1) is 4.92 Å². The minimum absolute atomic E-state index is 0.100. The molecule has 0 aromatic heterocycles. The van der Waals surface area contributed by atoms with Crippen molar-refractivity contribution in [1.82, 2.24) is 5.43 Å². The summed E-state index contributed by atoms with van der Waals surface area (Å²) in [6.07, 6.45) is 4.08. The summed E-state index contributed by atoms with van der Waals surface area (Å²) in [5.41, 5.74) is 3.61. The minimum Gasteiger partial charge on any atom is -0.267 e. The van der Waals surface area contributed by atoms with E-state index in [1.165, 1.54) is 30.7 Å².